The van der Waals surface area contributed by atoms with Crippen molar-refractivity contribution < 1.29 is 12.8 Å². The minimum absolute atomic E-state index is 0.0113. The molecule has 0 amide bonds. The Morgan fingerprint density at radius 1 is 1.35 bits per heavy atom. The number of aryl methyl sites for hydroxylation is 2. The minimum Gasteiger partial charge on any atom is -0.465 e. The number of nitrogens with one attached hydrogen (secondary N) is 1. The van der Waals surface area contributed by atoms with Crippen molar-refractivity contribution in [1.29, 1.82) is 0 Å². The molecule has 1 saturated carbocycles. The van der Waals surface area contributed by atoms with Gasteiger partial charge in [0.15, 0.2) is 0 Å². The molecule has 1 aliphatic rings. The van der Waals surface area contributed by atoms with Crippen LogP contribution in [0.2, 0.25) is 0 Å². The summed E-state index contributed by atoms with van der Waals surface area (Å²) in [5.41, 5.74) is 6.23. The highest BCUT2D eigenvalue weighted by Crippen LogP contribution is 2.38. The van der Waals surface area contributed by atoms with E-state index in [2.05, 4.69) is 18.6 Å². The molecule has 1 unspecified atom stereocenters. The van der Waals surface area contributed by atoms with Crippen LogP contribution in [0.1, 0.15) is 50.2 Å². The van der Waals surface area contributed by atoms with Gasteiger partial charge in [0.1, 0.15) is 16.4 Å². The Hall–Kier alpha value is -0.850. The van der Waals surface area contributed by atoms with Crippen LogP contribution in [0.4, 0.5) is 0 Å². The van der Waals surface area contributed by atoms with E-state index in [9.17, 15) is 8.42 Å². The molecule has 0 radical (unpaired) electrons. The van der Waals surface area contributed by atoms with Crippen molar-refractivity contribution in [3.63, 3.8) is 0 Å². The quantitative estimate of drug-likeness (QED) is 0.892. The number of hydrogen-bond donors (Lipinski definition) is 2. The predicted molar refractivity (Wildman–Crippen MR) is 77.8 cm³/mol. The molecular weight excluding hydrogens is 276 g/mol. The second kappa shape index (κ2) is 5.16. The summed E-state index contributed by atoms with van der Waals surface area (Å²) in [6.45, 7) is 7.77. The Morgan fingerprint density at radius 2 is 2.00 bits per heavy atom. The molecule has 5 nitrogen and oxygen atoms in total. The molecule has 0 bridgehead atoms. The second-order valence-electron chi connectivity index (χ2n) is 6.28. The van der Waals surface area contributed by atoms with E-state index in [1.807, 2.05) is 0 Å². The van der Waals surface area contributed by atoms with Crippen molar-refractivity contribution in [3.8, 4) is 0 Å². The normalized spacial score (nSPS) is 22.4. The lowest BCUT2D eigenvalue weighted by atomic mass is 9.88. The third kappa shape index (κ3) is 2.64. The van der Waals surface area contributed by atoms with Gasteiger partial charge in [0.2, 0.25) is 10.0 Å². The Kier molecular flexibility index (Phi) is 4.01. The third-order valence-corrected chi connectivity index (χ3v) is 6.02. The van der Waals surface area contributed by atoms with Gasteiger partial charge >= 0.3 is 0 Å². The molecule has 0 spiro atoms. The average molecular weight is 300 g/mol. The molecule has 114 valence electrons. The molecule has 1 atom stereocenters. The summed E-state index contributed by atoms with van der Waals surface area (Å²) in [6.07, 6.45) is 2.96. The van der Waals surface area contributed by atoms with Gasteiger partial charge in [0.25, 0.3) is 0 Å². The minimum atomic E-state index is -3.59. The molecule has 0 aromatic carbocycles. The van der Waals surface area contributed by atoms with Crippen molar-refractivity contribution in [1.82, 2.24) is 4.72 Å². The van der Waals surface area contributed by atoms with Crippen molar-refractivity contribution in [3.05, 3.63) is 17.1 Å². The first-order valence-corrected chi connectivity index (χ1v) is 8.48. The first-order chi connectivity index (χ1) is 9.19. The molecule has 6 heteroatoms. The van der Waals surface area contributed by atoms with Gasteiger partial charge in [-0.25, -0.2) is 13.1 Å². The maximum Gasteiger partial charge on any atom is 0.244 e. The van der Waals surface area contributed by atoms with E-state index in [0.29, 0.717) is 17.1 Å². The smallest absolute Gasteiger partial charge is 0.244 e. The summed E-state index contributed by atoms with van der Waals surface area (Å²) < 4.78 is 33.6. The van der Waals surface area contributed by atoms with Crippen molar-refractivity contribution in [2.24, 2.45) is 11.1 Å². The van der Waals surface area contributed by atoms with Crippen LogP contribution < -0.4 is 10.5 Å². The zero-order chi connectivity index (χ0) is 15.1. The van der Waals surface area contributed by atoms with E-state index in [1.165, 1.54) is 0 Å². The molecule has 1 aliphatic carbocycles. The molecule has 1 aromatic heterocycles. The van der Waals surface area contributed by atoms with Crippen LogP contribution in [0.3, 0.4) is 0 Å². The SMILES string of the molecule is Cc1oc(C)c(S(=O)(=O)NC2CCCC2(C)C)c1CN. The number of nitrogens with two attached hydrogens (primary N) is 1. The van der Waals surface area contributed by atoms with Crippen LogP contribution in [0.15, 0.2) is 9.31 Å². The summed E-state index contributed by atoms with van der Waals surface area (Å²) in [4.78, 5) is 0.222. The Morgan fingerprint density at radius 3 is 2.50 bits per heavy atom. The lowest BCUT2D eigenvalue weighted by Crippen LogP contribution is -2.41. The van der Waals surface area contributed by atoms with E-state index in [4.69, 9.17) is 10.2 Å². The molecule has 2 rings (SSSR count). The maximum absolute atomic E-state index is 12.7. The highest BCUT2D eigenvalue weighted by Gasteiger charge is 2.38. The zero-order valence-electron chi connectivity index (χ0n) is 12.6. The van der Waals surface area contributed by atoms with Gasteiger partial charge in [-0.3, -0.25) is 0 Å². The van der Waals surface area contributed by atoms with E-state index < -0.39 is 10.0 Å². The lowest BCUT2D eigenvalue weighted by molar-refractivity contribution is 0.312. The fraction of sp³-hybridized carbons (Fsp3) is 0.714. The Bertz CT molecular complexity index is 602. The lowest BCUT2D eigenvalue weighted by Gasteiger charge is -2.27. The van der Waals surface area contributed by atoms with E-state index in [-0.39, 0.29) is 22.9 Å². The molecule has 0 aliphatic heterocycles. The number of rotatable bonds is 4. The first-order valence-electron chi connectivity index (χ1n) is 7.00. The van der Waals surface area contributed by atoms with Gasteiger partial charge in [-0.1, -0.05) is 20.3 Å². The van der Waals surface area contributed by atoms with Crippen LogP contribution >= 0.6 is 0 Å². The average Bonchev–Trinajstić information content (AvgIpc) is 2.78. The second-order valence-corrected chi connectivity index (χ2v) is 7.93. The van der Waals surface area contributed by atoms with Gasteiger partial charge in [0, 0.05) is 18.2 Å². The number of hydrogen-bond acceptors (Lipinski definition) is 4. The molecule has 20 heavy (non-hydrogen) atoms. The van der Waals surface area contributed by atoms with Crippen LogP contribution in [0.5, 0.6) is 0 Å². The fourth-order valence-corrected chi connectivity index (χ4v) is 4.99. The molecule has 1 fully saturated rings. The summed E-state index contributed by atoms with van der Waals surface area (Å²) >= 11 is 0. The van der Waals surface area contributed by atoms with Gasteiger partial charge < -0.3 is 10.2 Å². The third-order valence-electron chi connectivity index (χ3n) is 4.35. The summed E-state index contributed by atoms with van der Waals surface area (Å²) in [5.74, 6) is 0.988. The summed E-state index contributed by atoms with van der Waals surface area (Å²) in [6, 6.07) is -0.0345. The van der Waals surface area contributed by atoms with Crippen molar-refractivity contribution in [2.45, 2.75) is 64.4 Å². The summed E-state index contributed by atoms with van der Waals surface area (Å²) in [5, 5.41) is 0. The first kappa shape index (κ1) is 15.5. The molecule has 0 saturated heterocycles. The zero-order valence-corrected chi connectivity index (χ0v) is 13.4. The van der Waals surface area contributed by atoms with Crippen molar-refractivity contribution >= 4 is 10.0 Å². The van der Waals surface area contributed by atoms with Gasteiger partial charge in [-0.15, -0.1) is 0 Å². The standard InChI is InChI=1S/C14H24N2O3S/c1-9-11(8-15)13(10(2)19-9)20(17,18)16-12-6-5-7-14(12,3)4/h12,16H,5-8,15H2,1-4H3. The fourth-order valence-electron chi connectivity index (χ4n) is 3.09. The maximum atomic E-state index is 12.7. The molecule has 1 aromatic rings. The highest BCUT2D eigenvalue weighted by atomic mass is 32.2. The van der Waals surface area contributed by atoms with Crippen molar-refractivity contribution in [2.75, 3.05) is 0 Å². The monoisotopic (exact) mass is 300 g/mol. The van der Waals surface area contributed by atoms with Gasteiger partial charge in [-0.2, -0.15) is 0 Å². The topological polar surface area (TPSA) is 85.3 Å². The summed E-state index contributed by atoms with van der Waals surface area (Å²) in [7, 11) is -3.59. The van der Waals surface area contributed by atoms with E-state index >= 15 is 0 Å². The Labute approximate surface area is 121 Å². The van der Waals surface area contributed by atoms with E-state index in [1.54, 1.807) is 13.8 Å². The molecule has 3 N–H and O–H groups in total. The van der Waals surface area contributed by atoms with Crippen LogP contribution in [-0.4, -0.2) is 14.5 Å². The van der Waals surface area contributed by atoms with Crippen LogP contribution in [0.25, 0.3) is 0 Å². The van der Waals surface area contributed by atoms with Gasteiger partial charge in [0.05, 0.1) is 0 Å². The molecule has 1 heterocycles. The predicted octanol–water partition coefficient (Wildman–Crippen LogP) is 2.21. The Balaban J connectivity index is 2.37. The van der Waals surface area contributed by atoms with E-state index in [0.717, 1.165) is 19.3 Å². The largest absolute Gasteiger partial charge is 0.465 e. The molecular formula is C14H24N2O3S. The number of furan rings is 1. The van der Waals surface area contributed by atoms with Crippen LogP contribution in [-0.2, 0) is 16.6 Å². The van der Waals surface area contributed by atoms with Gasteiger partial charge in [-0.05, 0) is 32.1 Å². The highest BCUT2D eigenvalue weighted by molar-refractivity contribution is 7.89. The van der Waals surface area contributed by atoms with Crippen LogP contribution in [0, 0.1) is 19.3 Å². The number of sulfonamides is 1.